The van der Waals surface area contributed by atoms with Crippen molar-refractivity contribution in [1.82, 2.24) is 14.8 Å². The quantitative estimate of drug-likeness (QED) is 0.638. The lowest BCUT2D eigenvalue weighted by atomic mass is 10.2. The van der Waals surface area contributed by atoms with Gasteiger partial charge < -0.3 is 14.1 Å². The first-order chi connectivity index (χ1) is 13.7. The van der Waals surface area contributed by atoms with Gasteiger partial charge in [-0.15, -0.1) is 11.3 Å². The van der Waals surface area contributed by atoms with E-state index in [1.807, 2.05) is 53.6 Å². The van der Waals surface area contributed by atoms with Crippen LogP contribution in [0.4, 0.5) is 0 Å². The maximum Gasteiger partial charge on any atom is 0.260 e. The number of nitrogens with zero attached hydrogens (tertiary/aromatic N) is 3. The molecule has 1 saturated heterocycles. The predicted molar refractivity (Wildman–Crippen MR) is 108 cm³/mol. The highest BCUT2D eigenvalue weighted by Crippen LogP contribution is 2.23. The molecule has 0 aliphatic carbocycles. The van der Waals surface area contributed by atoms with Crippen molar-refractivity contribution < 1.29 is 13.9 Å². The number of aromatic nitrogens is 1. The van der Waals surface area contributed by atoms with Crippen LogP contribution in [0.15, 0.2) is 52.5 Å². The van der Waals surface area contributed by atoms with Crippen molar-refractivity contribution in [1.29, 1.82) is 0 Å². The van der Waals surface area contributed by atoms with Gasteiger partial charge in [0, 0.05) is 31.6 Å². The van der Waals surface area contributed by atoms with Crippen molar-refractivity contribution in [2.45, 2.75) is 13.5 Å². The standard InChI is InChI=1S/C21H23N3O3S/c1-16-4-6-17(7-5-16)27-14-21(25)24-10-8-23(9-11-24)13-20-22-18(15-28-20)19-3-2-12-26-19/h2-7,12,15H,8-11,13-14H2,1H3. The molecule has 0 atom stereocenters. The van der Waals surface area contributed by atoms with Gasteiger partial charge in [0.15, 0.2) is 12.4 Å². The Hall–Kier alpha value is -2.64. The number of hydrogen-bond acceptors (Lipinski definition) is 6. The van der Waals surface area contributed by atoms with Gasteiger partial charge in [0.05, 0.1) is 12.8 Å². The van der Waals surface area contributed by atoms with Gasteiger partial charge in [-0.05, 0) is 31.2 Å². The molecular weight excluding hydrogens is 374 g/mol. The minimum atomic E-state index is 0.0366. The number of rotatable bonds is 6. The fourth-order valence-corrected chi connectivity index (χ4v) is 3.96. The molecule has 0 N–H and O–H groups in total. The van der Waals surface area contributed by atoms with Crippen molar-refractivity contribution in [3.8, 4) is 17.2 Å². The molecule has 0 radical (unpaired) electrons. The fourth-order valence-electron chi connectivity index (χ4n) is 3.14. The predicted octanol–water partition coefficient (Wildman–Crippen LogP) is 3.43. The zero-order chi connectivity index (χ0) is 19.3. The molecule has 146 valence electrons. The number of piperazine rings is 1. The second-order valence-corrected chi connectivity index (χ2v) is 7.81. The minimum absolute atomic E-state index is 0.0366. The average molecular weight is 398 g/mol. The smallest absolute Gasteiger partial charge is 0.260 e. The maximum atomic E-state index is 12.4. The van der Waals surface area contributed by atoms with Crippen LogP contribution in [0, 0.1) is 6.92 Å². The first kappa shape index (κ1) is 18.7. The molecule has 1 amide bonds. The van der Waals surface area contributed by atoms with Gasteiger partial charge in [-0.3, -0.25) is 9.69 Å². The van der Waals surface area contributed by atoms with E-state index in [0.29, 0.717) is 13.1 Å². The molecule has 4 rings (SSSR count). The summed E-state index contributed by atoms with van der Waals surface area (Å²) in [5.74, 6) is 1.56. The summed E-state index contributed by atoms with van der Waals surface area (Å²) in [7, 11) is 0. The van der Waals surface area contributed by atoms with Crippen molar-refractivity contribution in [2.75, 3.05) is 32.8 Å². The van der Waals surface area contributed by atoms with Crippen LogP contribution < -0.4 is 4.74 Å². The van der Waals surface area contributed by atoms with E-state index < -0.39 is 0 Å². The molecule has 3 heterocycles. The number of benzene rings is 1. The van der Waals surface area contributed by atoms with Crippen LogP contribution in [0.5, 0.6) is 5.75 Å². The van der Waals surface area contributed by atoms with E-state index in [0.717, 1.165) is 41.8 Å². The number of carbonyl (C=O) groups is 1. The molecule has 7 heteroatoms. The van der Waals surface area contributed by atoms with Gasteiger partial charge in [0.1, 0.15) is 16.5 Å². The fraction of sp³-hybridized carbons (Fsp3) is 0.333. The second-order valence-electron chi connectivity index (χ2n) is 6.86. The van der Waals surface area contributed by atoms with Crippen LogP contribution in [0.25, 0.3) is 11.5 Å². The molecule has 1 aliphatic rings. The summed E-state index contributed by atoms with van der Waals surface area (Å²) in [5.41, 5.74) is 2.05. The lowest BCUT2D eigenvalue weighted by Crippen LogP contribution is -2.49. The maximum absolute atomic E-state index is 12.4. The highest BCUT2D eigenvalue weighted by Gasteiger charge is 2.22. The molecule has 1 aromatic carbocycles. The zero-order valence-corrected chi connectivity index (χ0v) is 16.7. The highest BCUT2D eigenvalue weighted by molar-refractivity contribution is 7.09. The molecule has 1 aliphatic heterocycles. The third-order valence-electron chi connectivity index (χ3n) is 4.79. The number of furan rings is 1. The lowest BCUT2D eigenvalue weighted by molar-refractivity contribution is -0.135. The van der Waals surface area contributed by atoms with Crippen LogP contribution in [-0.4, -0.2) is 53.5 Å². The molecule has 1 fully saturated rings. The second kappa shape index (κ2) is 8.58. The Morgan fingerprint density at radius 2 is 1.96 bits per heavy atom. The topological polar surface area (TPSA) is 58.8 Å². The Bertz CT molecular complexity index is 897. The van der Waals surface area contributed by atoms with Crippen LogP contribution in [0.3, 0.4) is 0 Å². The monoisotopic (exact) mass is 397 g/mol. The third-order valence-corrected chi connectivity index (χ3v) is 5.63. The first-order valence-corrected chi connectivity index (χ1v) is 10.2. The molecule has 0 spiro atoms. The van der Waals surface area contributed by atoms with Crippen molar-refractivity contribution in [2.24, 2.45) is 0 Å². The van der Waals surface area contributed by atoms with Crippen LogP contribution in [0.1, 0.15) is 10.6 Å². The van der Waals surface area contributed by atoms with Crippen LogP contribution in [0.2, 0.25) is 0 Å². The number of ether oxygens (including phenoxy) is 1. The molecule has 6 nitrogen and oxygen atoms in total. The molecule has 0 bridgehead atoms. The molecule has 28 heavy (non-hydrogen) atoms. The van der Waals surface area contributed by atoms with E-state index in [4.69, 9.17) is 9.15 Å². The number of aryl methyl sites for hydroxylation is 1. The summed E-state index contributed by atoms with van der Waals surface area (Å²) < 4.78 is 11.0. The van der Waals surface area contributed by atoms with Gasteiger partial charge in [0.25, 0.3) is 5.91 Å². The molecular formula is C21H23N3O3S. The zero-order valence-electron chi connectivity index (χ0n) is 15.8. The number of thiazole rings is 1. The summed E-state index contributed by atoms with van der Waals surface area (Å²) in [6, 6.07) is 11.5. The van der Waals surface area contributed by atoms with Gasteiger partial charge in [-0.1, -0.05) is 17.7 Å². The number of carbonyl (C=O) groups excluding carboxylic acids is 1. The third kappa shape index (κ3) is 4.61. The SMILES string of the molecule is Cc1ccc(OCC(=O)N2CCN(Cc3nc(-c4ccco4)cs3)CC2)cc1. The average Bonchev–Trinajstić information content (AvgIpc) is 3.40. The Morgan fingerprint density at radius 1 is 1.18 bits per heavy atom. The first-order valence-electron chi connectivity index (χ1n) is 9.35. The van der Waals surface area contributed by atoms with E-state index in [9.17, 15) is 4.79 Å². The Balaban J connectivity index is 1.23. The summed E-state index contributed by atoms with van der Waals surface area (Å²) in [6.07, 6.45) is 1.66. The van der Waals surface area contributed by atoms with Gasteiger partial charge in [-0.2, -0.15) is 0 Å². The number of amides is 1. The summed E-state index contributed by atoms with van der Waals surface area (Å²) in [5, 5.41) is 3.09. The van der Waals surface area contributed by atoms with E-state index >= 15 is 0 Å². The normalized spacial score (nSPS) is 15.0. The molecule has 2 aromatic heterocycles. The van der Waals surface area contributed by atoms with E-state index in [1.165, 1.54) is 5.56 Å². The van der Waals surface area contributed by atoms with Gasteiger partial charge >= 0.3 is 0 Å². The van der Waals surface area contributed by atoms with Crippen molar-refractivity contribution in [3.63, 3.8) is 0 Å². The van der Waals surface area contributed by atoms with E-state index in [2.05, 4.69) is 9.88 Å². The summed E-state index contributed by atoms with van der Waals surface area (Å²) in [4.78, 5) is 21.3. The largest absolute Gasteiger partial charge is 0.484 e. The van der Waals surface area contributed by atoms with Crippen molar-refractivity contribution in [3.05, 3.63) is 58.6 Å². The van der Waals surface area contributed by atoms with E-state index in [1.54, 1.807) is 17.6 Å². The van der Waals surface area contributed by atoms with Gasteiger partial charge in [-0.25, -0.2) is 4.98 Å². The Kier molecular flexibility index (Phi) is 5.73. The van der Waals surface area contributed by atoms with Crippen molar-refractivity contribution >= 4 is 17.2 Å². The molecule has 3 aromatic rings. The Labute approximate surface area is 168 Å². The number of hydrogen-bond donors (Lipinski definition) is 0. The summed E-state index contributed by atoms with van der Waals surface area (Å²) in [6.45, 7) is 6.02. The molecule has 0 saturated carbocycles. The van der Waals surface area contributed by atoms with Crippen LogP contribution in [-0.2, 0) is 11.3 Å². The Morgan fingerprint density at radius 3 is 2.68 bits per heavy atom. The lowest BCUT2D eigenvalue weighted by Gasteiger charge is -2.34. The van der Waals surface area contributed by atoms with E-state index in [-0.39, 0.29) is 12.5 Å². The minimum Gasteiger partial charge on any atom is -0.484 e. The summed E-state index contributed by atoms with van der Waals surface area (Å²) >= 11 is 1.64. The van der Waals surface area contributed by atoms with Gasteiger partial charge in [0.2, 0.25) is 0 Å². The highest BCUT2D eigenvalue weighted by atomic mass is 32.1. The molecule has 0 unspecified atom stereocenters. The van der Waals surface area contributed by atoms with Crippen LogP contribution >= 0.6 is 11.3 Å².